The summed E-state index contributed by atoms with van der Waals surface area (Å²) in [6.07, 6.45) is -7.69. The number of rotatable bonds is 2. The van der Waals surface area contributed by atoms with E-state index in [4.69, 9.17) is 45.1 Å². The third kappa shape index (κ3) is 5.43. The van der Waals surface area contributed by atoms with Gasteiger partial charge in [-0.2, -0.15) is 4.98 Å². The van der Waals surface area contributed by atoms with Crippen molar-refractivity contribution in [2.45, 2.75) is 49.1 Å². The molecule has 0 amide bonds. The number of hydrogen-bond donors (Lipinski definition) is 6. The van der Waals surface area contributed by atoms with Crippen LogP contribution >= 0.6 is 25.8 Å². The van der Waals surface area contributed by atoms with Gasteiger partial charge in [0.1, 0.15) is 36.6 Å². The number of aromatic nitrogens is 6. The fraction of sp³-hybridized carbons (Fsp3) is 0.455. The first-order chi connectivity index (χ1) is 20.9. The van der Waals surface area contributed by atoms with Crippen molar-refractivity contribution in [1.29, 1.82) is 0 Å². The molecule has 6 N–H and O–H groups in total. The maximum atomic E-state index is 13.4. The highest BCUT2D eigenvalue weighted by atomic mass is 32.7. The van der Waals surface area contributed by atoms with Crippen LogP contribution < -0.4 is 11.3 Å². The highest BCUT2D eigenvalue weighted by Gasteiger charge is 2.52. The van der Waals surface area contributed by atoms with Gasteiger partial charge >= 0.3 is 13.5 Å². The molecule has 3 fully saturated rings. The number of nitrogens with zero attached hydrogens (tertiary/aromatic N) is 5. The van der Waals surface area contributed by atoms with Crippen LogP contribution in [0.1, 0.15) is 12.5 Å². The number of anilines is 1. The fourth-order valence-corrected chi connectivity index (χ4v) is 8.38. The highest BCUT2D eigenvalue weighted by molar-refractivity contribution is 8.44. The quantitative estimate of drug-likeness (QED) is 0.123. The number of nitrogen functional groups attached to an aromatic ring is 1. The van der Waals surface area contributed by atoms with Crippen molar-refractivity contribution in [2.24, 2.45) is 0 Å². The van der Waals surface area contributed by atoms with Gasteiger partial charge in [0.2, 0.25) is 5.95 Å². The minimum Gasteiger partial charge on any atom is -0.386 e. The van der Waals surface area contributed by atoms with Gasteiger partial charge in [-0.15, -0.1) is 0 Å². The van der Waals surface area contributed by atoms with E-state index in [1.165, 1.54) is 17.2 Å². The maximum Gasteiger partial charge on any atom is 0.386 e. The van der Waals surface area contributed by atoms with Gasteiger partial charge in [-0.3, -0.25) is 27.9 Å². The van der Waals surface area contributed by atoms with Crippen LogP contribution in [0.5, 0.6) is 0 Å². The zero-order valence-corrected chi connectivity index (χ0v) is 25.7. The number of thiol groups is 1. The number of nitrogens with one attached hydrogen (secondary N) is 1. The molecule has 22 heteroatoms. The molecule has 1 aromatic carbocycles. The standard InChI is InChI=1S/C22H25N7O11P2S2/c23-22-26-18-13(19(32)27-22)25-8-29(18)21-15(31)17-12(38-21)6-36-41(33,43)39-16-11(5-35-42(34,44)40-17)37-20(14(16)30)28-7-24-9-3-1-2-4-10(9)28/h1-4,7-8,11-12,14-17,20-21,30-31H,5-6H2,(H,33,43)(H,34,44)(H3,23,26,27,32). The first-order valence-electron chi connectivity index (χ1n) is 13.0. The summed E-state index contributed by atoms with van der Waals surface area (Å²) in [4.78, 5) is 38.0. The number of ether oxygens (including phenoxy) is 2. The Morgan fingerprint density at radius 1 is 1.00 bits per heavy atom. The molecule has 0 radical (unpaired) electrons. The predicted octanol–water partition coefficient (Wildman–Crippen LogP) is 0.340. The summed E-state index contributed by atoms with van der Waals surface area (Å²) >= 11 is 9.32. The normalized spacial score (nSPS) is 38.3. The van der Waals surface area contributed by atoms with Gasteiger partial charge in [0.25, 0.3) is 5.56 Å². The van der Waals surface area contributed by atoms with Crippen molar-refractivity contribution in [3.8, 4) is 0 Å². The molecule has 0 bridgehead atoms. The summed E-state index contributed by atoms with van der Waals surface area (Å²) in [5.41, 5.74) is 6.28. The van der Waals surface area contributed by atoms with E-state index in [9.17, 15) is 24.5 Å². The lowest BCUT2D eigenvalue weighted by Gasteiger charge is -2.29. The summed E-state index contributed by atoms with van der Waals surface area (Å²) < 4.78 is 50.7. The minimum atomic E-state index is -4.27. The summed E-state index contributed by atoms with van der Waals surface area (Å²) in [5, 5.41) is 22.5. The van der Waals surface area contributed by atoms with E-state index in [0.29, 0.717) is 11.0 Å². The van der Waals surface area contributed by atoms with Gasteiger partial charge < -0.3 is 39.4 Å². The Hall–Kier alpha value is -2.29. The second-order valence-corrected chi connectivity index (χ2v) is 15.9. The Bertz CT molecular complexity index is 1890. The van der Waals surface area contributed by atoms with Crippen LogP contribution in [0.2, 0.25) is 0 Å². The number of aliphatic hydroxyl groups excluding tert-OH is 2. The molecule has 4 aromatic rings. The number of aliphatic hydroxyl groups is 2. The fourth-order valence-electron chi connectivity index (χ4n) is 5.44. The van der Waals surface area contributed by atoms with Crippen molar-refractivity contribution in [3.63, 3.8) is 0 Å². The molecule has 44 heavy (non-hydrogen) atoms. The van der Waals surface area contributed by atoms with Crippen molar-refractivity contribution < 1.29 is 47.2 Å². The predicted molar refractivity (Wildman–Crippen MR) is 157 cm³/mol. The van der Waals surface area contributed by atoms with Gasteiger partial charge in [-0.1, -0.05) is 24.4 Å². The van der Waals surface area contributed by atoms with E-state index in [1.807, 2.05) is 6.07 Å². The van der Waals surface area contributed by atoms with Crippen LogP contribution in [-0.2, 0) is 43.9 Å². The lowest BCUT2D eigenvalue weighted by molar-refractivity contribution is -0.0576. The van der Waals surface area contributed by atoms with Crippen LogP contribution in [0.25, 0.3) is 22.2 Å². The van der Waals surface area contributed by atoms with E-state index in [2.05, 4.69) is 32.2 Å². The Balaban J connectivity index is 1.17. The number of H-pyrrole nitrogens is 1. The van der Waals surface area contributed by atoms with Crippen molar-refractivity contribution in [1.82, 2.24) is 29.1 Å². The zero-order valence-electron chi connectivity index (χ0n) is 22.2. The van der Waals surface area contributed by atoms with Crippen molar-refractivity contribution in [3.05, 3.63) is 47.3 Å². The number of hydrogen-bond acceptors (Lipinski definition) is 15. The summed E-state index contributed by atoms with van der Waals surface area (Å²) in [7, 11) is 0. The molecule has 0 spiro atoms. The lowest BCUT2D eigenvalue weighted by Crippen LogP contribution is -2.38. The van der Waals surface area contributed by atoms with E-state index in [0.717, 1.165) is 0 Å². The molecule has 7 rings (SSSR count). The Kier molecular flexibility index (Phi) is 7.73. The minimum absolute atomic E-state index is 0.00589. The third-order valence-electron chi connectivity index (χ3n) is 7.41. The summed E-state index contributed by atoms with van der Waals surface area (Å²) in [6.45, 7) is -9.39. The van der Waals surface area contributed by atoms with Crippen molar-refractivity contribution >= 4 is 65.7 Å². The third-order valence-corrected chi connectivity index (χ3v) is 10.6. The lowest BCUT2D eigenvalue weighted by atomic mass is 10.1. The molecule has 3 aliphatic rings. The molecule has 18 nitrogen and oxygen atoms in total. The van der Waals surface area contributed by atoms with Crippen LogP contribution in [0, 0.1) is 0 Å². The van der Waals surface area contributed by atoms with Crippen LogP contribution in [0.3, 0.4) is 0 Å². The molecule has 10 unspecified atom stereocenters. The second-order valence-electron chi connectivity index (χ2n) is 10.2. The number of aromatic amines is 1. The average molecular weight is 690 g/mol. The van der Waals surface area contributed by atoms with E-state index in [-0.39, 0.29) is 17.1 Å². The van der Waals surface area contributed by atoms with Crippen molar-refractivity contribution in [2.75, 3.05) is 18.9 Å². The molecule has 236 valence electrons. The smallest absolute Gasteiger partial charge is 0.386 e. The molecule has 3 aliphatic heterocycles. The molecule has 0 aliphatic carbocycles. The Labute approximate surface area is 257 Å². The number of nitrogens with two attached hydrogens (primary N) is 1. The van der Waals surface area contributed by atoms with Gasteiger partial charge in [0, 0.05) is 0 Å². The van der Waals surface area contributed by atoms with E-state index in [1.54, 1.807) is 22.8 Å². The molecule has 3 saturated heterocycles. The highest BCUT2D eigenvalue weighted by Crippen LogP contribution is 2.58. The molecule has 6 heterocycles. The monoisotopic (exact) mass is 689 g/mol. The summed E-state index contributed by atoms with van der Waals surface area (Å²) in [5.74, 6) is -0.201. The molecule has 3 aromatic heterocycles. The zero-order chi connectivity index (χ0) is 31.0. The van der Waals surface area contributed by atoms with Crippen LogP contribution in [0.4, 0.5) is 5.95 Å². The van der Waals surface area contributed by atoms with Crippen LogP contribution in [0.15, 0.2) is 41.7 Å². The van der Waals surface area contributed by atoms with Gasteiger partial charge in [0.05, 0.1) is 36.9 Å². The maximum absolute atomic E-state index is 13.4. The molecule has 10 atom stereocenters. The second kappa shape index (κ2) is 11.2. The SMILES string of the molecule is Nc1nc2c(ncn2C2OC3COP(O)(=S)OC4C(COP(=O)(S)OC3C2O)OC(n2cnc3ccccc32)C4O)c(=O)[nH]1. The Morgan fingerprint density at radius 2 is 1.64 bits per heavy atom. The topological polar surface area (TPSA) is 241 Å². The molecular weight excluding hydrogens is 664 g/mol. The molecule has 0 saturated carbocycles. The number of fused-ring (bicyclic) bond motifs is 4. The number of benzene rings is 1. The number of para-hydroxylation sites is 2. The van der Waals surface area contributed by atoms with Crippen LogP contribution in [-0.4, -0.2) is 94.0 Å². The molecular formula is C22H25N7O11P2S2. The summed E-state index contributed by atoms with van der Waals surface area (Å²) in [6, 6.07) is 7.16. The largest absolute Gasteiger partial charge is 0.386 e. The first kappa shape index (κ1) is 30.4. The number of imidazole rings is 2. The van der Waals surface area contributed by atoms with Gasteiger partial charge in [0.15, 0.2) is 23.6 Å². The van der Waals surface area contributed by atoms with Gasteiger partial charge in [-0.25, -0.2) is 14.5 Å². The average Bonchev–Trinajstić information content (AvgIpc) is 3.72. The van der Waals surface area contributed by atoms with E-state index < -0.39 is 81.4 Å². The Morgan fingerprint density at radius 3 is 2.39 bits per heavy atom. The van der Waals surface area contributed by atoms with E-state index >= 15 is 0 Å². The first-order valence-corrected chi connectivity index (χ1v) is 18.3. The van der Waals surface area contributed by atoms with Gasteiger partial charge in [-0.05, 0) is 23.9 Å².